The lowest BCUT2D eigenvalue weighted by molar-refractivity contribution is -0.385. The molecule has 0 atom stereocenters. The molecule has 0 bridgehead atoms. The lowest BCUT2D eigenvalue weighted by atomic mass is 10.1. The van der Waals surface area contributed by atoms with Gasteiger partial charge in [-0.3, -0.25) is 19.8 Å². The Morgan fingerprint density at radius 3 is 2.49 bits per heavy atom. The fourth-order valence-electron chi connectivity index (χ4n) is 3.30. The first-order valence-electron chi connectivity index (χ1n) is 10.0. The van der Waals surface area contributed by atoms with Crippen LogP contribution >= 0.6 is 47.2 Å². The Bertz CT molecular complexity index is 1370. The van der Waals surface area contributed by atoms with Crippen LogP contribution in [0.5, 0.6) is 11.5 Å². The van der Waals surface area contributed by atoms with E-state index in [9.17, 15) is 14.9 Å². The predicted molar refractivity (Wildman–Crippen MR) is 143 cm³/mol. The summed E-state index contributed by atoms with van der Waals surface area (Å²) < 4.78 is 11.5. The number of halogens is 2. The highest BCUT2D eigenvalue weighted by atomic mass is 35.5. The second kappa shape index (κ2) is 10.7. The molecular formula is C24H16Cl2N2O5S2. The third-order valence-corrected chi connectivity index (χ3v) is 7.03. The Morgan fingerprint density at radius 1 is 1.09 bits per heavy atom. The number of amides is 1. The van der Waals surface area contributed by atoms with E-state index in [1.807, 2.05) is 30.3 Å². The molecule has 0 N–H and O–H groups in total. The van der Waals surface area contributed by atoms with E-state index in [0.29, 0.717) is 10.7 Å². The van der Waals surface area contributed by atoms with Gasteiger partial charge < -0.3 is 9.47 Å². The molecule has 0 aliphatic carbocycles. The van der Waals surface area contributed by atoms with Crippen molar-refractivity contribution in [2.45, 2.75) is 6.61 Å². The number of rotatable bonds is 7. The third-order valence-electron chi connectivity index (χ3n) is 4.99. The number of nitro groups is 1. The number of methoxy groups -OCH3 is 1. The van der Waals surface area contributed by atoms with Crippen molar-refractivity contribution >= 4 is 74.9 Å². The van der Waals surface area contributed by atoms with Crippen LogP contribution < -0.4 is 14.4 Å². The Balaban J connectivity index is 1.67. The fraction of sp³-hybridized carbons (Fsp3) is 0.0833. The molecule has 1 saturated heterocycles. The van der Waals surface area contributed by atoms with Gasteiger partial charge in [-0.25, -0.2) is 0 Å². The minimum absolute atomic E-state index is 0.175. The maximum absolute atomic E-state index is 13.1. The van der Waals surface area contributed by atoms with Gasteiger partial charge in [0.15, 0.2) is 15.8 Å². The van der Waals surface area contributed by atoms with Crippen LogP contribution in [0.3, 0.4) is 0 Å². The Hall–Kier alpha value is -3.11. The molecule has 0 unspecified atom stereocenters. The van der Waals surface area contributed by atoms with Crippen molar-refractivity contribution in [2.75, 3.05) is 12.0 Å². The van der Waals surface area contributed by atoms with Gasteiger partial charge in [-0.1, -0.05) is 77.5 Å². The molecule has 1 fully saturated rings. The minimum atomic E-state index is -0.541. The molecule has 0 spiro atoms. The summed E-state index contributed by atoms with van der Waals surface area (Å²) in [6.45, 7) is 0.204. The number of nitro benzene ring substituents is 1. The molecule has 1 heterocycles. The molecule has 0 aromatic heterocycles. The maximum atomic E-state index is 13.1. The van der Waals surface area contributed by atoms with Crippen LogP contribution in [0, 0.1) is 10.1 Å². The van der Waals surface area contributed by atoms with E-state index in [0.717, 1.165) is 17.3 Å². The second-order valence-corrected chi connectivity index (χ2v) is 9.70. The number of carbonyl (C=O) groups is 1. The van der Waals surface area contributed by atoms with Crippen molar-refractivity contribution in [1.82, 2.24) is 0 Å². The van der Waals surface area contributed by atoms with E-state index in [1.165, 1.54) is 36.3 Å². The lowest BCUT2D eigenvalue weighted by Gasteiger charge is -2.15. The van der Waals surface area contributed by atoms with Crippen molar-refractivity contribution in [1.29, 1.82) is 0 Å². The standard InChI is InChI=1S/C24H16Cl2N2O5S2/c1-32-20-9-15(19(28(30)31)12-21(20)33-13-14-5-3-2-4-6-14)10-22-23(29)27(24(34)35-22)16-7-8-17(25)18(26)11-16/h2-12H,13H2,1H3/b22-10-. The monoisotopic (exact) mass is 546 g/mol. The average molecular weight is 547 g/mol. The first-order valence-corrected chi connectivity index (χ1v) is 12.0. The molecule has 7 nitrogen and oxygen atoms in total. The van der Waals surface area contributed by atoms with Gasteiger partial charge in [0.2, 0.25) is 0 Å². The number of ether oxygens (including phenoxy) is 2. The first kappa shape index (κ1) is 25.0. The Labute approximate surface area is 220 Å². The zero-order valence-corrected chi connectivity index (χ0v) is 21.2. The van der Waals surface area contributed by atoms with E-state index in [1.54, 1.807) is 12.1 Å². The Morgan fingerprint density at radius 2 is 1.83 bits per heavy atom. The molecule has 0 radical (unpaired) electrons. The molecular weight excluding hydrogens is 531 g/mol. The van der Waals surface area contributed by atoms with Crippen LogP contribution in [-0.4, -0.2) is 22.3 Å². The number of thiocarbonyl (C=S) groups is 1. The molecule has 3 aromatic rings. The van der Waals surface area contributed by atoms with Gasteiger partial charge in [0.1, 0.15) is 6.61 Å². The van der Waals surface area contributed by atoms with Crippen LogP contribution in [0.1, 0.15) is 11.1 Å². The van der Waals surface area contributed by atoms with Crippen molar-refractivity contribution in [3.05, 3.63) is 96.9 Å². The summed E-state index contributed by atoms with van der Waals surface area (Å²) in [4.78, 5) is 25.9. The molecule has 4 rings (SSSR count). The maximum Gasteiger partial charge on any atom is 0.280 e. The van der Waals surface area contributed by atoms with Crippen LogP contribution in [0.4, 0.5) is 11.4 Å². The molecule has 1 aliphatic heterocycles. The highest BCUT2D eigenvalue weighted by Gasteiger charge is 2.34. The number of nitrogens with zero attached hydrogens (tertiary/aromatic N) is 2. The highest BCUT2D eigenvalue weighted by molar-refractivity contribution is 8.27. The summed E-state index contributed by atoms with van der Waals surface area (Å²) in [5, 5.41) is 12.5. The molecule has 178 valence electrons. The van der Waals surface area contributed by atoms with Crippen molar-refractivity contribution in [3.8, 4) is 11.5 Å². The van der Waals surface area contributed by atoms with Gasteiger partial charge in [0.05, 0.1) is 44.3 Å². The van der Waals surface area contributed by atoms with Gasteiger partial charge in [-0.05, 0) is 35.9 Å². The van der Waals surface area contributed by atoms with E-state index in [4.69, 9.17) is 44.9 Å². The van der Waals surface area contributed by atoms with Gasteiger partial charge in [-0.15, -0.1) is 0 Å². The zero-order valence-electron chi connectivity index (χ0n) is 18.1. The number of carbonyl (C=O) groups excluding carboxylic acids is 1. The van der Waals surface area contributed by atoms with E-state index in [-0.39, 0.29) is 43.6 Å². The van der Waals surface area contributed by atoms with E-state index in [2.05, 4.69) is 0 Å². The van der Waals surface area contributed by atoms with Crippen molar-refractivity contribution in [3.63, 3.8) is 0 Å². The molecule has 35 heavy (non-hydrogen) atoms. The third kappa shape index (κ3) is 5.43. The summed E-state index contributed by atoms with van der Waals surface area (Å²) in [7, 11) is 1.43. The summed E-state index contributed by atoms with van der Waals surface area (Å²) in [5.41, 5.74) is 1.27. The van der Waals surface area contributed by atoms with Crippen LogP contribution in [0.15, 0.2) is 65.6 Å². The highest BCUT2D eigenvalue weighted by Crippen LogP contribution is 2.41. The van der Waals surface area contributed by atoms with Crippen LogP contribution in [-0.2, 0) is 11.4 Å². The quantitative estimate of drug-likeness (QED) is 0.138. The number of thioether (sulfide) groups is 1. The van der Waals surface area contributed by atoms with Gasteiger partial charge in [-0.2, -0.15) is 0 Å². The molecule has 3 aromatic carbocycles. The molecule has 11 heteroatoms. The van der Waals surface area contributed by atoms with E-state index >= 15 is 0 Å². The molecule has 1 amide bonds. The van der Waals surface area contributed by atoms with Crippen molar-refractivity contribution in [2.24, 2.45) is 0 Å². The van der Waals surface area contributed by atoms with Gasteiger partial charge >= 0.3 is 0 Å². The van der Waals surface area contributed by atoms with Crippen LogP contribution in [0.2, 0.25) is 10.0 Å². The zero-order chi connectivity index (χ0) is 25.1. The Kier molecular flexibility index (Phi) is 7.61. The number of hydrogen-bond donors (Lipinski definition) is 0. The van der Waals surface area contributed by atoms with E-state index < -0.39 is 10.8 Å². The summed E-state index contributed by atoms with van der Waals surface area (Å²) in [5.74, 6) is 0.0670. The fourth-order valence-corrected chi connectivity index (χ4v) is 4.88. The normalized spacial score (nSPS) is 14.5. The summed E-state index contributed by atoms with van der Waals surface area (Å²) in [6, 6.07) is 16.8. The molecule has 1 aliphatic rings. The second-order valence-electron chi connectivity index (χ2n) is 7.21. The SMILES string of the molecule is COc1cc(/C=C2\SC(=S)N(c3ccc(Cl)c(Cl)c3)C2=O)c([N+](=O)[O-])cc1OCc1ccccc1. The van der Waals surface area contributed by atoms with Crippen LogP contribution in [0.25, 0.3) is 6.08 Å². The smallest absolute Gasteiger partial charge is 0.280 e. The number of benzene rings is 3. The average Bonchev–Trinajstić information content (AvgIpc) is 3.12. The number of anilines is 1. The topological polar surface area (TPSA) is 81.9 Å². The molecule has 0 saturated carbocycles. The van der Waals surface area contributed by atoms with Gasteiger partial charge in [0, 0.05) is 0 Å². The first-order chi connectivity index (χ1) is 16.8. The number of hydrogen-bond acceptors (Lipinski definition) is 7. The van der Waals surface area contributed by atoms with Gasteiger partial charge in [0.25, 0.3) is 11.6 Å². The minimum Gasteiger partial charge on any atom is -0.493 e. The summed E-state index contributed by atoms with van der Waals surface area (Å²) in [6.07, 6.45) is 1.42. The van der Waals surface area contributed by atoms with Crippen molar-refractivity contribution < 1.29 is 19.2 Å². The predicted octanol–water partition coefficient (Wildman–Crippen LogP) is 6.90. The summed E-state index contributed by atoms with van der Waals surface area (Å²) >= 11 is 18.5. The largest absolute Gasteiger partial charge is 0.493 e. The lowest BCUT2D eigenvalue weighted by Crippen LogP contribution is -2.27.